The van der Waals surface area contributed by atoms with Crippen molar-refractivity contribution in [2.75, 3.05) is 27.2 Å². The van der Waals surface area contributed by atoms with E-state index in [2.05, 4.69) is 35.9 Å². The van der Waals surface area contributed by atoms with Gasteiger partial charge in [-0.25, -0.2) is 23.2 Å². The molecule has 3 fully saturated rings. The van der Waals surface area contributed by atoms with Crippen LogP contribution in [0.2, 0.25) is 0 Å². The summed E-state index contributed by atoms with van der Waals surface area (Å²) in [4.78, 5) is 53.1. The fourth-order valence-corrected chi connectivity index (χ4v) is 9.57. The number of hydrogen-bond acceptors (Lipinski definition) is 10. The molecule has 2 saturated carbocycles. The number of sulfonamides is 1. The Balaban J connectivity index is 1.21. The molecule has 19 heteroatoms. The van der Waals surface area contributed by atoms with E-state index in [9.17, 15) is 36.0 Å². The average molecular weight is 856 g/mol. The van der Waals surface area contributed by atoms with Crippen LogP contribution in [0.1, 0.15) is 57.6 Å². The number of allylic oxidation sites excluding steroid dienone is 1. The molecule has 4 atom stereocenters. The zero-order valence-electron chi connectivity index (χ0n) is 29.5. The minimum atomic E-state index is -4.66. The fourth-order valence-electron chi connectivity index (χ4n) is 6.88. The fraction of sp³-hybridized carbons (Fsp3) is 0.514. The molecule has 1 aromatic carbocycles. The lowest BCUT2D eigenvalue weighted by molar-refractivity contribution is -0.140. The normalized spacial score (nSPS) is 26.3. The summed E-state index contributed by atoms with van der Waals surface area (Å²) in [5.74, 6) is -0.986. The van der Waals surface area contributed by atoms with Crippen molar-refractivity contribution in [2.24, 2.45) is 5.92 Å². The van der Waals surface area contributed by atoms with E-state index in [1.54, 1.807) is 31.0 Å². The van der Waals surface area contributed by atoms with Gasteiger partial charge in [0.2, 0.25) is 15.9 Å². The number of fused-ring (bicyclic) bond motifs is 3. The minimum Gasteiger partial charge on any atom is -0.495 e. The predicted octanol–water partition coefficient (Wildman–Crippen LogP) is 5.64. The van der Waals surface area contributed by atoms with E-state index in [0.717, 1.165) is 23.1 Å². The number of urea groups is 1. The molecule has 1 saturated heterocycles. The second kappa shape index (κ2) is 14.0. The van der Waals surface area contributed by atoms with Gasteiger partial charge in [0, 0.05) is 42.8 Å². The van der Waals surface area contributed by atoms with Gasteiger partial charge in [-0.2, -0.15) is 13.2 Å². The van der Waals surface area contributed by atoms with Gasteiger partial charge in [0.25, 0.3) is 5.91 Å². The Hall–Kier alpha value is -3.97. The van der Waals surface area contributed by atoms with Crippen molar-refractivity contribution < 1.29 is 45.4 Å². The second-order valence-corrected chi connectivity index (χ2v) is 18.3. The molecule has 0 radical (unpaired) electrons. The number of nitrogens with zero attached hydrogens (tertiary/aromatic N) is 4. The van der Waals surface area contributed by atoms with Gasteiger partial charge in [-0.3, -0.25) is 14.3 Å². The number of thiazole rings is 1. The molecule has 290 valence electrons. The molecule has 3 aromatic rings. The van der Waals surface area contributed by atoms with Crippen molar-refractivity contribution in [3.8, 4) is 22.2 Å². The van der Waals surface area contributed by atoms with E-state index in [4.69, 9.17) is 9.47 Å². The number of nitrogens with one attached hydrogen (secondary N) is 2. The summed E-state index contributed by atoms with van der Waals surface area (Å²) in [5, 5.41) is 4.19. The van der Waals surface area contributed by atoms with Crippen LogP contribution in [0, 0.1) is 5.92 Å². The Bertz CT molecular complexity index is 2160. The van der Waals surface area contributed by atoms with Crippen molar-refractivity contribution in [2.45, 2.75) is 80.5 Å². The number of hydrogen-bond donors (Lipinski definition) is 2. The van der Waals surface area contributed by atoms with Gasteiger partial charge >= 0.3 is 12.2 Å². The molecular weight excluding hydrogens is 817 g/mol. The first-order valence-electron chi connectivity index (χ1n) is 17.4. The maximum absolute atomic E-state index is 14.2. The zero-order valence-corrected chi connectivity index (χ0v) is 32.8. The summed E-state index contributed by atoms with van der Waals surface area (Å²) in [7, 11) is -0.890. The number of amides is 4. The van der Waals surface area contributed by atoms with Crippen molar-refractivity contribution in [3.63, 3.8) is 0 Å². The first-order chi connectivity index (χ1) is 25.5. The Morgan fingerprint density at radius 2 is 1.93 bits per heavy atom. The summed E-state index contributed by atoms with van der Waals surface area (Å²) in [6, 6.07) is 3.09. The third kappa shape index (κ3) is 7.13. The molecule has 2 N–H and O–H groups in total. The molecule has 2 aromatic heterocycles. The van der Waals surface area contributed by atoms with Gasteiger partial charge in [0.05, 0.1) is 28.4 Å². The lowest BCUT2D eigenvalue weighted by Crippen LogP contribution is -2.58. The Morgan fingerprint density at radius 1 is 1.17 bits per heavy atom. The van der Waals surface area contributed by atoms with Gasteiger partial charge in [-0.15, -0.1) is 11.3 Å². The molecule has 0 bridgehead atoms. The monoisotopic (exact) mass is 854 g/mol. The number of carbonyl (C=O) groups is 3. The van der Waals surface area contributed by atoms with Gasteiger partial charge < -0.3 is 24.6 Å². The average Bonchev–Trinajstić information content (AvgIpc) is 3.88. The quantitative estimate of drug-likeness (QED) is 0.287. The molecule has 54 heavy (non-hydrogen) atoms. The SMILES string of the molecule is COc1ccc2c(O[C@H]3C[C@H]4C(=O)N(C)CCCC/C=C\[C@@H]5C[C@@]5(C(=O)NS(=O)(=O)C5(C)CC5)NC(=O)N4C3)cc(-c3nc(C(F)(F)F)cs3)nc2c1Br. The molecular formula is C35H38BrF3N6O7S2. The molecule has 0 spiro atoms. The molecule has 4 heterocycles. The van der Waals surface area contributed by atoms with Crippen LogP contribution >= 0.6 is 27.3 Å². The van der Waals surface area contributed by atoms with E-state index in [-0.39, 0.29) is 41.7 Å². The summed E-state index contributed by atoms with van der Waals surface area (Å²) >= 11 is 4.26. The van der Waals surface area contributed by atoms with Gasteiger partial charge in [-0.05, 0) is 73.5 Å². The Kier molecular flexibility index (Phi) is 9.90. The van der Waals surface area contributed by atoms with E-state index in [1.807, 2.05) is 12.2 Å². The summed E-state index contributed by atoms with van der Waals surface area (Å²) in [5.41, 5.74) is -2.17. The zero-order chi connectivity index (χ0) is 38.8. The Labute approximate surface area is 321 Å². The summed E-state index contributed by atoms with van der Waals surface area (Å²) in [6.07, 6.45) is 1.50. The first kappa shape index (κ1) is 38.3. The number of benzene rings is 1. The third-order valence-corrected chi connectivity index (χ3v) is 14.4. The highest BCUT2D eigenvalue weighted by molar-refractivity contribution is 9.10. The van der Waals surface area contributed by atoms with Crippen LogP contribution in [0.5, 0.6) is 11.5 Å². The largest absolute Gasteiger partial charge is 0.495 e. The number of ether oxygens (including phenoxy) is 2. The van der Waals surface area contributed by atoms with Crippen molar-refractivity contribution >= 4 is 66.0 Å². The molecule has 13 nitrogen and oxygen atoms in total. The Morgan fingerprint density at radius 3 is 2.61 bits per heavy atom. The number of alkyl halides is 3. The third-order valence-electron chi connectivity index (χ3n) is 10.6. The van der Waals surface area contributed by atoms with Gasteiger partial charge in [0.1, 0.15) is 39.9 Å². The second-order valence-electron chi connectivity index (χ2n) is 14.4. The lowest BCUT2D eigenvalue weighted by Gasteiger charge is -2.30. The maximum Gasteiger partial charge on any atom is 0.434 e. The van der Waals surface area contributed by atoms with Crippen LogP contribution < -0.4 is 19.5 Å². The van der Waals surface area contributed by atoms with Crippen molar-refractivity contribution in [3.05, 3.63) is 45.9 Å². The topological polar surface area (TPSA) is 160 Å². The molecule has 0 unspecified atom stereocenters. The van der Waals surface area contributed by atoms with E-state index in [0.29, 0.717) is 53.4 Å². The van der Waals surface area contributed by atoms with E-state index >= 15 is 0 Å². The number of pyridine rings is 1. The van der Waals surface area contributed by atoms with Crippen LogP contribution in [0.4, 0.5) is 18.0 Å². The van der Waals surface area contributed by atoms with Gasteiger partial charge in [-0.1, -0.05) is 12.2 Å². The van der Waals surface area contributed by atoms with Crippen LogP contribution in [-0.2, 0) is 25.8 Å². The molecule has 2 aliphatic carbocycles. The molecule has 4 amide bonds. The predicted molar refractivity (Wildman–Crippen MR) is 196 cm³/mol. The van der Waals surface area contributed by atoms with E-state index in [1.165, 1.54) is 18.1 Å². The number of rotatable bonds is 7. The van der Waals surface area contributed by atoms with Crippen molar-refractivity contribution in [1.29, 1.82) is 0 Å². The highest BCUT2D eigenvalue weighted by Crippen LogP contribution is 2.48. The minimum absolute atomic E-state index is 0.00226. The van der Waals surface area contributed by atoms with Crippen LogP contribution in [0.25, 0.3) is 21.6 Å². The molecule has 2 aliphatic heterocycles. The molecule has 4 aliphatic rings. The van der Waals surface area contributed by atoms with Crippen LogP contribution in [0.3, 0.4) is 0 Å². The maximum atomic E-state index is 14.2. The van der Waals surface area contributed by atoms with Crippen LogP contribution in [-0.4, -0.2) is 95.7 Å². The summed E-state index contributed by atoms with van der Waals surface area (Å²) in [6.45, 7) is 1.91. The lowest BCUT2D eigenvalue weighted by atomic mass is 10.1. The number of carbonyl (C=O) groups excluding carboxylic acids is 3. The first-order valence-corrected chi connectivity index (χ1v) is 20.6. The number of halogens is 4. The number of methoxy groups -OCH3 is 1. The molecule has 7 rings (SSSR count). The highest BCUT2D eigenvalue weighted by Gasteiger charge is 2.63. The van der Waals surface area contributed by atoms with Crippen LogP contribution in [0.15, 0.2) is 40.2 Å². The van der Waals surface area contributed by atoms with Crippen molar-refractivity contribution in [1.82, 2.24) is 29.8 Å². The van der Waals surface area contributed by atoms with Gasteiger partial charge in [0.15, 0.2) is 5.69 Å². The smallest absolute Gasteiger partial charge is 0.434 e. The van der Waals surface area contributed by atoms with E-state index < -0.39 is 62.2 Å². The summed E-state index contributed by atoms with van der Waals surface area (Å²) < 4.78 is 80.1. The standard InChI is InChI=1S/C35H38BrF3N6O7S2/c1-33(11-12-33)54(49,50)43-31(47)34-16-19(34)8-6-4-5-7-13-44(2)30(46)23-14-20(17-45(23)32(48)42-34)52-25-15-22(29-41-26(18-53-29)35(37,38)39)40-28-21(25)9-10-24(51-3)27(28)36/h6,8-10,15,18-20,23H,4-5,7,11-14,16-17H2,1-3H3,(H,42,48)(H,43,47)/b8-6-/t19-,20+,23+,34-/m1/s1. The number of likely N-dealkylation sites (N-methyl/N-ethyl adjacent to an activating group) is 1. The highest BCUT2D eigenvalue weighted by atomic mass is 79.9. The number of aromatic nitrogens is 2.